The van der Waals surface area contributed by atoms with Crippen LogP contribution in [0.5, 0.6) is 5.75 Å². The average molecular weight is 479 g/mol. The highest BCUT2D eigenvalue weighted by atomic mass is 35.5. The number of hydrogen-bond donors (Lipinski definition) is 1. The number of rotatable bonds is 7. The summed E-state index contributed by atoms with van der Waals surface area (Å²) in [4.78, 5) is 31.9. The number of para-hydroxylation sites is 1. The third kappa shape index (κ3) is 4.56. The van der Waals surface area contributed by atoms with Gasteiger partial charge in [0.1, 0.15) is 11.2 Å². The van der Waals surface area contributed by atoms with Gasteiger partial charge in [-0.15, -0.1) is 0 Å². The summed E-state index contributed by atoms with van der Waals surface area (Å²) in [6, 6.07) is 16.5. The van der Waals surface area contributed by atoms with Crippen molar-refractivity contribution in [2.45, 2.75) is 39.8 Å². The van der Waals surface area contributed by atoms with Gasteiger partial charge in [0.15, 0.2) is 17.1 Å². The van der Waals surface area contributed by atoms with Crippen LogP contribution in [0.15, 0.2) is 59.4 Å². The second-order valence-electron chi connectivity index (χ2n) is 8.32. The van der Waals surface area contributed by atoms with E-state index in [9.17, 15) is 9.59 Å². The second kappa shape index (κ2) is 9.73. The van der Waals surface area contributed by atoms with Crippen LogP contribution in [0, 0.1) is 0 Å². The summed E-state index contributed by atoms with van der Waals surface area (Å²) < 4.78 is 9.32. The molecule has 0 spiro atoms. The SMILES string of the molecule is CCc1nc2c(c(OC(C)C)c(C(=O)Nc3ccccc3)n2C)c(=O)n1Cc1cccc(Cl)c1. The highest BCUT2D eigenvalue weighted by molar-refractivity contribution is 6.30. The molecule has 34 heavy (non-hydrogen) atoms. The lowest BCUT2D eigenvalue weighted by molar-refractivity contribution is 0.101. The van der Waals surface area contributed by atoms with Gasteiger partial charge < -0.3 is 14.6 Å². The lowest BCUT2D eigenvalue weighted by Crippen LogP contribution is -2.26. The third-order valence-corrected chi connectivity index (χ3v) is 5.71. The number of hydrogen-bond acceptors (Lipinski definition) is 4. The number of ether oxygens (including phenoxy) is 1. The highest BCUT2D eigenvalue weighted by Crippen LogP contribution is 2.31. The van der Waals surface area contributed by atoms with Crippen molar-refractivity contribution < 1.29 is 9.53 Å². The molecule has 2 heterocycles. The molecule has 0 fully saturated rings. The van der Waals surface area contributed by atoms with E-state index in [2.05, 4.69) is 5.32 Å². The van der Waals surface area contributed by atoms with E-state index in [-0.39, 0.29) is 34.4 Å². The first-order valence-corrected chi connectivity index (χ1v) is 11.6. The van der Waals surface area contributed by atoms with Gasteiger partial charge in [-0.05, 0) is 43.7 Å². The molecule has 1 amide bonds. The van der Waals surface area contributed by atoms with E-state index < -0.39 is 0 Å². The molecule has 0 aliphatic rings. The monoisotopic (exact) mass is 478 g/mol. The first-order chi connectivity index (χ1) is 16.3. The molecule has 0 atom stereocenters. The molecule has 0 unspecified atom stereocenters. The Balaban J connectivity index is 1.91. The summed E-state index contributed by atoms with van der Waals surface area (Å²) in [7, 11) is 1.72. The van der Waals surface area contributed by atoms with E-state index >= 15 is 0 Å². The summed E-state index contributed by atoms with van der Waals surface area (Å²) in [5.74, 6) is 0.478. The molecule has 0 bridgehead atoms. The zero-order valence-corrected chi connectivity index (χ0v) is 20.4. The predicted octanol–water partition coefficient (Wildman–Crippen LogP) is 5.04. The smallest absolute Gasteiger partial charge is 0.276 e. The first kappa shape index (κ1) is 23.6. The van der Waals surface area contributed by atoms with Gasteiger partial charge in [-0.3, -0.25) is 14.2 Å². The molecule has 2 aromatic heterocycles. The summed E-state index contributed by atoms with van der Waals surface area (Å²) in [5.41, 5.74) is 1.94. The van der Waals surface area contributed by atoms with Crippen LogP contribution in [0.1, 0.15) is 42.6 Å². The van der Waals surface area contributed by atoms with E-state index in [1.807, 2.05) is 57.2 Å². The van der Waals surface area contributed by atoms with E-state index in [4.69, 9.17) is 21.3 Å². The Morgan fingerprint density at radius 1 is 1.15 bits per heavy atom. The normalized spacial score (nSPS) is 11.2. The lowest BCUT2D eigenvalue weighted by atomic mass is 10.2. The Morgan fingerprint density at radius 2 is 1.88 bits per heavy atom. The number of carbonyl (C=O) groups excluding carboxylic acids is 1. The van der Waals surface area contributed by atoms with E-state index in [0.29, 0.717) is 35.1 Å². The minimum absolute atomic E-state index is 0.237. The van der Waals surface area contributed by atoms with Gasteiger partial charge in [0.25, 0.3) is 11.5 Å². The van der Waals surface area contributed by atoms with E-state index in [1.54, 1.807) is 34.4 Å². The Morgan fingerprint density at radius 3 is 2.53 bits per heavy atom. The standard InChI is InChI=1S/C26H27ClN4O3/c1-5-20-29-24-21(26(33)31(20)15-17-10-9-11-18(27)14-17)23(34-16(2)3)22(30(24)4)25(32)28-19-12-7-6-8-13-19/h6-14,16H,5,15H2,1-4H3,(H,28,32). The van der Waals surface area contributed by atoms with Crippen molar-refractivity contribution in [2.75, 3.05) is 5.32 Å². The molecule has 0 aliphatic heterocycles. The molecular weight excluding hydrogens is 452 g/mol. The number of anilines is 1. The van der Waals surface area contributed by atoms with Crippen LogP contribution >= 0.6 is 11.6 Å². The summed E-state index contributed by atoms with van der Waals surface area (Å²) in [6.45, 7) is 5.97. The number of nitrogens with one attached hydrogen (secondary N) is 1. The molecule has 176 valence electrons. The zero-order valence-electron chi connectivity index (χ0n) is 19.6. The quantitative estimate of drug-likeness (QED) is 0.403. The number of aromatic nitrogens is 3. The Bertz CT molecular complexity index is 1410. The lowest BCUT2D eigenvalue weighted by Gasteiger charge is -2.13. The van der Waals surface area contributed by atoms with Gasteiger partial charge in [0.05, 0.1) is 12.6 Å². The minimum atomic E-state index is -0.374. The molecule has 0 saturated carbocycles. The van der Waals surface area contributed by atoms with E-state index in [0.717, 1.165) is 5.56 Å². The van der Waals surface area contributed by atoms with Crippen LogP contribution < -0.4 is 15.6 Å². The zero-order chi connectivity index (χ0) is 24.4. The number of nitrogens with zero attached hydrogens (tertiary/aromatic N) is 3. The highest BCUT2D eigenvalue weighted by Gasteiger charge is 2.28. The van der Waals surface area contributed by atoms with Gasteiger partial charge in [0.2, 0.25) is 0 Å². The van der Waals surface area contributed by atoms with Gasteiger partial charge in [0, 0.05) is 24.2 Å². The summed E-state index contributed by atoms with van der Waals surface area (Å²) >= 11 is 6.16. The van der Waals surface area contributed by atoms with Crippen molar-refractivity contribution in [3.8, 4) is 5.75 Å². The van der Waals surface area contributed by atoms with Crippen molar-refractivity contribution in [2.24, 2.45) is 7.05 Å². The third-order valence-electron chi connectivity index (χ3n) is 5.47. The number of fused-ring (bicyclic) bond motifs is 1. The van der Waals surface area contributed by atoms with E-state index in [1.165, 1.54) is 0 Å². The fourth-order valence-electron chi connectivity index (χ4n) is 3.97. The second-order valence-corrected chi connectivity index (χ2v) is 8.76. The molecule has 4 aromatic rings. The van der Waals surface area contributed by atoms with Gasteiger partial charge in [-0.2, -0.15) is 0 Å². The molecule has 0 radical (unpaired) electrons. The maximum atomic E-state index is 13.8. The Labute approximate surface area is 203 Å². The number of benzene rings is 2. The molecule has 2 aromatic carbocycles. The fourth-order valence-corrected chi connectivity index (χ4v) is 4.19. The summed E-state index contributed by atoms with van der Waals surface area (Å²) in [6.07, 6.45) is 0.295. The fraction of sp³-hybridized carbons (Fsp3) is 0.269. The number of halogens is 1. The van der Waals surface area contributed by atoms with Crippen LogP contribution in [0.25, 0.3) is 11.0 Å². The molecule has 0 saturated heterocycles. The van der Waals surface area contributed by atoms with Crippen molar-refractivity contribution >= 4 is 34.2 Å². The average Bonchev–Trinajstić information content (AvgIpc) is 3.07. The van der Waals surface area contributed by atoms with Crippen molar-refractivity contribution in [3.63, 3.8) is 0 Å². The number of aryl methyl sites for hydroxylation is 2. The van der Waals surface area contributed by atoms with Crippen LogP contribution in [0.4, 0.5) is 5.69 Å². The maximum Gasteiger partial charge on any atom is 0.276 e. The molecular formula is C26H27ClN4O3. The number of amides is 1. The van der Waals surface area contributed by atoms with Crippen molar-refractivity contribution in [1.82, 2.24) is 14.1 Å². The van der Waals surface area contributed by atoms with Gasteiger partial charge in [-0.25, -0.2) is 4.98 Å². The summed E-state index contributed by atoms with van der Waals surface area (Å²) in [5, 5.41) is 3.78. The first-order valence-electron chi connectivity index (χ1n) is 11.2. The van der Waals surface area contributed by atoms with Crippen LogP contribution in [-0.4, -0.2) is 26.1 Å². The van der Waals surface area contributed by atoms with Crippen LogP contribution in [0.3, 0.4) is 0 Å². The van der Waals surface area contributed by atoms with Gasteiger partial charge >= 0.3 is 0 Å². The van der Waals surface area contributed by atoms with Crippen molar-refractivity contribution in [3.05, 3.63) is 87.1 Å². The van der Waals surface area contributed by atoms with Crippen LogP contribution in [-0.2, 0) is 20.0 Å². The van der Waals surface area contributed by atoms with Crippen molar-refractivity contribution in [1.29, 1.82) is 0 Å². The van der Waals surface area contributed by atoms with Crippen LogP contribution in [0.2, 0.25) is 5.02 Å². The largest absolute Gasteiger partial charge is 0.488 e. The molecule has 7 nitrogen and oxygen atoms in total. The Kier molecular flexibility index (Phi) is 6.75. The molecule has 0 aliphatic carbocycles. The molecule has 1 N–H and O–H groups in total. The predicted molar refractivity (Wildman–Crippen MR) is 135 cm³/mol. The Hall–Kier alpha value is -3.58. The molecule has 8 heteroatoms. The molecule has 4 rings (SSSR count). The maximum absolute atomic E-state index is 13.8. The minimum Gasteiger partial charge on any atom is -0.488 e. The topological polar surface area (TPSA) is 78.2 Å². The van der Waals surface area contributed by atoms with Gasteiger partial charge in [-0.1, -0.05) is 48.9 Å². The number of carbonyl (C=O) groups is 1.